The molecule has 0 amide bonds. The normalized spacial score (nSPS) is 15.5. The summed E-state index contributed by atoms with van der Waals surface area (Å²) in [5, 5.41) is 0. The van der Waals surface area contributed by atoms with Crippen LogP contribution in [0, 0.1) is 12.7 Å². The standard InChI is InChI=1S/C14H13F4N3/c1-7-20-12(13(19)21(7)9-3-4-9)10-5-2-8(15)6-11(10)14(16,17)18/h2,5-6,9H,3-4,19H2,1H3. The number of halogens is 4. The molecule has 0 saturated heterocycles. The Hall–Kier alpha value is -2.05. The van der Waals surface area contributed by atoms with Gasteiger partial charge in [-0.2, -0.15) is 13.2 Å². The zero-order chi connectivity index (χ0) is 15.4. The topological polar surface area (TPSA) is 43.8 Å². The molecule has 0 atom stereocenters. The average Bonchev–Trinajstić information content (AvgIpc) is 3.15. The van der Waals surface area contributed by atoms with Crippen LogP contribution in [0.4, 0.5) is 23.4 Å². The Morgan fingerprint density at radius 2 is 1.95 bits per heavy atom. The summed E-state index contributed by atoms with van der Waals surface area (Å²) in [6.07, 6.45) is -2.78. The van der Waals surface area contributed by atoms with Crippen molar-refractivity contribution in [2.45, 2.75) is 32.0 Å². The van der Waals surface area contributed by atoms with Gasteiger partial charge >= 0.3 is 6.18 Å². The molecule has 3 rings (SSSR count). The summed E-state index contributed by atoms with van der Waals surface area (Å²) in [4.78, 5) is 4.16. The highest BCUT2D eigenvalue weighted by atomic mass is 19.4. The van der Waals surface area contributed by atoms with Crippen LogP contribution < -0.4 is 5.73 Å². The lowest BCUT2D eigenvalue weighted by atomic mass is 10.0. The largest absolute Gasteiger partial charge is 0.417 e. The summed E-state index contributed by atoms with van der Waals surface area (Å²) >= 11 is 0. The number of imidazole rings is 1. The number of alkyl halides is 3. The first-order chi connectivity index (χ1) is 9.79. The van der Waals surface area contributed by atoms with Crippen LogP contribution >= 0.6 is 0 Å². The second kappa shape index (κ2) is 4.47. The molecule has 0 bridgehead atoms. The van der Waals surface area contributed by atoms with E-state index in [1.807, 2.05) is 0 Å². The maximum absolute atomic E-state index is 13.2. The smallest absolute Gasteiger partial charge is 0.383 e. The predicted molar refractivity (Wildman–Crippen MR) is 70.0 cm³/mol. The number of aromatic nitrogens is 2. The fourth-order valence-corrected chi connectivity index (χ4v) is 2.51. The van der Waals surface area contributed by atoms with Crippen molar-refractivity contribution in [3.8, 4) is 11.3 Å². The van der Waals surface area contributed by atoms with E-state index in [1.165, 1.54) is 0 Å². The van der Waals surface area contributed by atoms with Crippen LogP contribution in [-0.2, 0) is 6.18 Å². The molecule has 1 saturated carbocycles. The van der Waals surface area contributed by atoms with Crippen LogP contribution in [0.1, 0.15) is 30.3 Å². The molecule has 0 radical (unpaired) electrons. The highest BCUT2D eigenvalue weighted by molar-refractivity contribution is 5.74. The predicted octanol–water partition coefficient (Wildman–Crippen LogP) is 3.93. The molecule has 1 aliphatic rings. The molecule has 1 fully saturated rings. The van der Waals surface area contributed by atoms with Gasteiger partial charge in [-0.05, 0) is 38.0 Å². The van der Waals surface area contributed by atoms with E-state index in [9.17, 15) is 17.6 Å². The number of hydrogen-bond acceptors (Lipinski definition) is 2. The Kier molecular flexibility index (Phi) is 2.96. The van der Waals surface area contributed by atoms with Gasteiger partial charge in [0, 0.05) is 11.6 Å². The van der Waals surface area contributed by atoms with Gasteiger partial charge in [0.25, 0.3) is 0 Å². The molecule has 1 aromatic heterocycles. The summed E-state index contributed by atoms with van der Waals surface area (Å²) < 4.78 is 54.2. The van der Waals surface area contributed by atoms with Crippen molar-refractivity contribution in [1.82, 2.24) is 9.55 Å². The fraction of sp³-hybridized carbons (Fsp3) is 0.357. The molecule has 3 nitrogen and oxygen atoms in total. The van der Waals surface area contributed by atoms with Crippen LogP contribution in [-0.4, -0.2) is 9.55 Å². The highest BCUT2D eigenvalue weighted by Gasteiger charge is 2.36. The monoisotopic (exact) mass is 299 g/mol. The van der Waals surface area contributed by atoms with Gasteiger partial charge in [0.15, 0.2) is 0 Å². The van der Waals surface area contributed by atoms with E-state index in [0.717, 1.165) is 25.0 Å². The number of nitrogens with two attached hydrogens (primary N) is 1. The maximum Gasteiger partial charge on any atom is 0.417 e. The van der Waals surface area contributed by atoms with E-state index in [4.69, 9.17) is 5.73 Å². The van der Waals surface area contributed by atoms with E-state index in [-0.39, 0.29) is 23.1 Å². The van der Waals surface area contributed by atoms with Crippen molar-refractivity contribution in [2.24, 2.45) is 0 Å². The summed E-state index contributed by atoms with van der Waals surface area (Å²) in [5.74, 6) is -0.169. The lowest BCUT2D eigenvalue weighted by Gasteiger charge is -2.12. The fourth-order valence-electron chi connectivity index (χ4n) is 2.51. The third-order valence-corrected chi connectivity index (χ3v) is 3.58. The van der Waals surface area contributed by atoms with Gasteiger partial charge in [0.1, 0.15) is 23.2 Å². The number of benzene rings is 1. The molecule has 2 N–H and O–H groups in total. The molecule has 0 unspecified atom stereocenters. The Bertz CT molecular complexity index is 699. The number of aryl methyl sites for hydroxylation is 1. The maximum atomic E-state index is 13.2. The van der Waals surface area contributed by atoms with Crippen molar-refractivity contribution in [2.75, 3.05) is 5.73 Å². The first-order valence-corrected chi connectivity index (χ1v) is 6.50. The van der Waals surface area contributed by atoms with Gasteiger partial charge in [-0.1, -0.05) is 0 Å². The van der Waals surface area contributed by atoms with E-state index >= 15 is 0 Å². The van der Waals surface area contributed by atoms with Crippen LogP contribution in [0.5, 0.6) is 0 Å². The average molecular weight is 299 g/mol. The molecule has 0 spiro atoms. The molecule has 0 aliphatic heterocycles. The Morgan fingerprint density at radius 3 is 2.52 bits per heavy atom. The zero-order valence-electron chi connectivity index (χ0n) is 11.2. The van der Waals surface area contributed by atoms with Gasteiger partial charge in [-0.25, -0.2) is 9.37 Å². The van der Waals surface area contributed by atoms with Crippen LogP contribution in [0.3, 0.4) is 0 Å². The number of nitrogens with zero attached hydrogens (tertiary/aromatic N) is 2. The van der Waals surface area contributed by atoms with Crippen LogP contribution in [0.15, 0.2) is 18.2 Å². The molecular weight excluding hydrogens is 286 g/mol. The summed E-state index contributed by atoms with van der Waals surface area (Å²) in [7, 11) is 0. The van der Waals surface area contributed by atoms with Crippen molar-refractivity contribution in [3.63, 3.8) is 0 Å². The zero-order valence-corrected chi connectivity index (χ0v) is 11.2. The number of anilines is 1. The third-order valence-electron chi connectivity index (χ3n) is 3.58. The Balaban J connectivity index is 2.19. The van der Waals surface area contributed by atoms with Crippen LogP contribution in [0.25, 0.3) is 11.3 Å². The lowest BCUT2D eigenvalue weighted by Crippen LogP contribution is -2.09. The number of hydrogen-bond donors (Lipinski definition) is 1. The lowest BCUT2D eigenvalue weighted by molar-refractivity contribution is -0.137. The van der Waals surface area contributed by atoms with E-state index in [1.54, 1.807) is 11.5 Å². The summed E-state index contributed by atoms with van der Waals surface area (Å²) in [6, 6.07) is 2.74. The van der Waals surface area contributed by atoms with E-state index < -0.39 is 17.6 Å². The van der Waals surface area contributed by atoms with Gasteiger partial charge in [0.2, 0.25) is 0 Å². The Labute approximate surface area is 118 Å². The minimum atomic E-state index is -4.67. The van der Waals surface area contributed by atoms with Crippen molar-refractivity contribution < 1.29 is 17.6 Å². The van der Waals surface area contributed by atoms with Gasteiger partial charge in [0.05, 0.1) is 5.56 Å². The van der Waals surface area contributed by atoms with Crippen molar-refractivity contribution in [3.05, 3.63) is 35.4 Å². The first kappa shape index (κ1) is 13.9. The summed E-state index contributed by atoms with van der Waals surface area (Å²) in [5.41, 5.74) is 4.78. The SMILES string of the molecule is Cc1nc(-c2ccc(F)cc2C(F)(F)F)c(N)n1C1CC1. The summed E-state index contributed by atoms with van der Waals surface area (Å²) in [6.45, 7) is 1.70. The van der Waals surface area contributed by atoms with Gasteiger partial charge in [-0.3, -0.25) is 0 Å². The minimum Gasteiger partial charge on any atom is -0.383 e. The minimum absolute atomic E-state index is 0.0618. The van der Waals surface area contributed by atoms with E-state index in [2.05, 4.69) is 4.98 Å². The second-order valence-electron chi connectivity index (χ2n) is 5.18. The molecule has 1 heterocycles. The molecule has 1 aliphatic carbocycles. The van der Waals surface area contributed by atoms with Gasteiger partial charge in [-0.15, -0.1) is 0 Å². The second-order valence-corrected chi connectivity index (χ2v) is 5.18. The first-order valence-electron chi connectivity index (χ1n) is 6.50. The highest BCUT2D eigenvalue weighted by Crippen LogP contribution is 2.43. The molecule has 1 aromatic carbocycles. The Morgan fingerprint density at radius 1 is 1.29 bits per heavy atom. The molecule has 7 heteroatoms. The quantitative estimate of drug-likeness (QED) is 0.854. The van der Waals surface area contributed by atoms with Crippen LogP contribution in [0.2, 0.25) is 0 Å². The van der Waals surface area contributed by atoms with Crippen molar-refractivity contribution in [1.29, 1.82) is 0 Å². The van der Waals surface area contributed by atoms with E-state index in [0.29, 0.717) is 11.9 Å². The van der Waals surface area contributed by atoms with Crippen molar-refractivity contribution >= 4 is 5.82 Å². The molecule has 21 heavy (non-hydrogen) atoms. The molecular formula is C14H13F4N3. The molecule has 2 aromatic rings. The molecule has 112 valence electrons. The number of rotatable bonds is 2. The number of nitrogen functional groups attached to an aromatic ring is 1. The van der Waals surface area contributed by atoms with Gasteiger partial charge < -0.3 is 10.3 Å². The third kappa shape index (κ3) is 2.36.